The van der Waals surface area contributed by atoms with Gasteiger partial charge in [-0.15, -0.1) is 0 Å². The van der Waals surface area contributed by atoms with Crippen molar-refractivity contribution in [2.75, 3.05) is 0 Å². The van der Waals surface area contributed by atoms with Crippen molar-refractivity contribution >= 4 is 27.7 Å². The Hall–Kier alpha value is -0.740. The van der Waals surface area contributed by atoms with Crippen molar-refractivity contribution in [2.24, 2.45) is 0 Å². The summed E-state index contributed by atoms with van der Waals surface area (Å²) in [5.74, 6) is 0.930. The molecule has 0 bridgehead atoms. The van der Waals surface area contributed by atoms with E-state index in [0.717, 1.165) is 20.2 Å². The van der Waals surface area contributed by atoms with E-state index in [0.29, 0.717) is 0 Å². The van der Waals surface area contributed by atoms with Gasteiger partial charge in [0.1, 0.15) is 10.8 Å². The lowest BCUT2D eigenvalue weighted by Crippen LogP contribution is -1.78. The van der Waals surface area contributed by atoms with Crippen LogP contribution in [0.25, 0.3) is 0 Å². The van der Waals surface area contributed by atoms with Crippen molar-refractivity contribution in [3.05, 3.63) is 40.9 Å². The van der Waals surface area contributed by atoms with Crippen LogP contribution in [0, 0.1) is 6.92 Å². The summed E-state index contributed by atoms with van der Waals surface area (Å²) in [6, 6.07) is 5.90. The van der Waals surface area contributed by atoms with E-state index >= 15 is 0 Å². The first-order valence-corrected chi connectivity index (χ1v) is 5.70. The summed E-state index contributed by atoms with van der Waals surface area (Å²) in [7, 11) is 0. The number of rotatable bonds is 2. The van der Waals surface area contributed by atoms with E-state index in [1.165, 1.54) is 0 Å². The van der Waals surface area contributed by atoms with Gasteiger partial charge < -0.3 is 4.42 Å². The second-order valence-electron chi connectivity index (χ2n) is 2.76. The number of hydrogen-bond donors (Lipinski definition) is 0. The minimum atomic E-state index is 0.930. The van der Waals surface area contributed by atoms with Crippen LogP contribution in [-0.2, 0) is 0 Å². The van der Waals surface area contributed by atoms with Gasteiger partial charge in [-0.05, 0) is 41.1 Å². The maximum Gasteiger partial charge on any atom is 0.114 e. The van der Waals surface area contributed by atoms with Crippen molar-refractivity contribution in [1.82, 2.24) is 4.98 Å². The lowest BCUT2D eigenvalue weighted by Gasteiger charge is -1.98. The smallest absolute Gasteiger partial charge is 0.114 e. The van der Waals surface area contributed by atoms with Crippen molar-refractivity contribution < 1.29 is 4.42 Å². The maximum absolute atomic E-state index is 5.20. The summed E-state index contributed by atoms with van der Waals surface area (Å²) in [5.41, 5.74) is 0. The van der Waals surface area contributed by atoms with Gasteiger partial charge in [-0.1, -0.05) is 11.8 Å². The molecule has 2 aromatic heterocycles. The number of furan rings is 1. The van der Waals surface area contributed by atoms with E-state index < -0.39 is 0 Å². The summed E-state index contributed by atoms with van der Waals surface area (Å²) >= 11 is 4.95. The van der Waals surface area contributed by atoms with Gasteiger partial charge in [0, 0.05) is 10.7 Å². The lowest BCUT2D eigenvalue weighted by atomic mass is 10.5. The van der Waals surface area contributed by atoms with E-state index in [4.69, 9.17) is 4.42 Å². The van der Waals surface area contributed by atoms with Crippen LogP contribution >= 0.6 is 27.7 Å². The van der Waals surface area contributed by atoms with Crippen LogP contribution < -0.4 is 0 Å². The monoisotopic (exact) mass is 269 g/mol. The molecule has 0 amide bonds. The zero-order valence-electron chi connectivity index (χ0n) is 7.53. The summed E-state index contributed by atoms with van der Waals surface area (Å²) in [6.45, 7) is 1.95. The van der Waals surface area contributed by atoms with Gasteiger partial charge in [0.25, 0.3) is 0 Å². The Kier molecular flexibility index (Phi) is 2.93. The SMILES string of the molecule is Cc1occc1Sc1ccc(Br)cn1. The fourth-order valence-corrected chi connectivity index (χ4v) is 2.03. The summed E-state index contributed by atoms with van der Waals surface area (Å²) in [6.07, 6.45) is 3.48. The van der Waals surface area contributed by atoms with Crippen LogP contribution in [0.4, 0.5) is 0 Å². The Labute approximate surface area is 94.9 Å². The third-order valence-electron chi connectivity index (χ3n) is 1.73. The molecule has 0 fully saturated rings. The van der Waals surface area contributed by atoms with Crippen LogP contribution in [0.2, 0.25) is 0 Å². The molecule has 4 heteroatoms. The van der Waals surface area contributed by atoms with Gasteiger partial charge in [0.15, 0.2) is 0 Å². The first-order chi connectivity index (χ1) is 6.75. The molecule has 2 heterocycles. The molecule has 14 heavy (non-hydrogen) atoms. The highest BCUT2D eigenvalue weighted by atomic mass is 79.9. The predicted octanol–water partition coefficient (Wildman–Crippen LogP) is 3.90. The molecule has 0 aliphatic heterocycles. The number of halogens is 1. The highest BCUT2D eigenvalue weighted by Crippen LogP contribution is 2.29. The fraction of sp³-hybridized carbons (Fsp3) is 0.100. The van der Waals surface area contributed by atoms with Gasteiger partial charge >= 0.3 is 0 Å². The Morgan fingerprint density at radius 2 is 2.21 bits per heavy atom. The first kappa shape index (κ1) is 9.80. The minimum absolute atomic E-state index is 0.930. The average molecular weight is 270 g/mol. The maximum atomic E-state index is 5.20. The van der Waals surface area contributed by atoms with Crippen molar-refractivity contribution in [1.29, 1.82) is 0 Å². The van der Waals surface area contributed by atoms with Gasteiger partial charge in [-0.25, -0.2) is 4.98 Å². The number of pyridine rings is 1. The first-order valence-electron chi connectivity index (χ1n) is 4.09. The predicted molar refractivity (Wildman–Crippen MR) is 59.5 cm³/mol. The van der Waals surface area contributed by atoms with Crippen molar-refractivity contribution in [3.63, 3.8) is 0 Å². The van der Waals surface area contributed by atoms with Crippen LogP contribution in [0.5, 0.6) is 0 Å². The molecule has 0 atom stereocenters. The fourth-order valence-electron chi connectivity index (χ4n) is 1.01. The van der Waals surface area contributed by atoms with Crippen LogP contribution in [-0.4, -0.2) is 4.98 Å². The second-order valence-corrected chi connectivity index (χ2v) is 4.74. The van der Waals surface area contributed by atoms with E-state index in [2.05, 4.69) is 20.9 Å². The molecule has 0 radical (unpaired) electrons. The van der Waals surface area contributed by atoms with E-state index in [1.807, 2.05) is 25.1 Å². The standard InChI is InChI=1S/C10H8BrNOS/c1-7-9(4-5-13-7)14-10-3-2-8(11)6-12-10/h2-6H,1H3. The topological polar surface area (TPSA) is 26.0 Å². The molecule has 0 saturated carbocycles. The number of aromatic nitrogens is 1. The molecular weight excluding hydrogens is 262 g/mol. The number of nitrogens with zero attached hydrogens (tertiary/aromatic N) is 1. The van der Waals surface area contributed by atoms with Crippen molar-refractivity contribution in [3.8, 4) is 0 Å². The third-order valence-corrected chi connectivity index (χ3v) is 3.29. The molecule has 0 aliphatic carbocycles. The summed E-state index contributed by atoms with van der Waals surface area (Å²) < 4.78 is 6.19. The van der Waals surface area contributed by atoms with Crippen LogP contribution in [0.3, 0.4) is 0 Å². The molecule has 0 aliphatic rings. The minimum Gasteiger partial charge on any atom is -0.468 e. The molecule has 0 N–H and O–H groups in total. The van der Waals surface area contributed by atoms with Gasteiger partial charge in [-0.2, -0.15) is 0 Å². The highest BCUT2D eigenvalue weighted by molar-refractivity contribution is 9.10. The quantitative estimate of drug-likeness (QED) is 0.827. The Morgan fingerprint density at radius 1 is 1.36 bits per heavy atom. The molecule has 0 saturated heterocycles. The van der Waals surface area contributed by atoms with E-state index in [1.54, 1.807) is 24.2 Å². The summed E-state index contributed by atoms with van der Waals surface area (Å²) in [4.78, 5) is 5.38. The van der Waals surface area contributed by atoms with Crippen molar-refractivity contribution in [2.45, 2.75) is 16.8 Å². The third kappa shape index (κ3) is 2.19. The Balaban J connectivity index is 2.19. The molecule has 0 unspecified atom stereocenters. The Morgan fingerprint density at radius 3 is 2.79 bits per heavy atom. The van der Waals surface area contributed by atoms with E-state index in [9.17, 15) is 0 Å². The molecule has 2 nitrogen and oxygen atoms in total. The Bertz CT molecular complexity index is 424. The molecule has 2 rings (SSSR count). The molecular formula is C10H8BrNOS. The van der Waals surface area contributed by atoms with Gasteiger partial charge in [0.05, 0.1) is 11.2 Å². The highest BCUT2D eigenvalue weighted by Gasteiger charge is 2.03. The largest absolute Gasteiger partial charge is 0.468 e. The number of aryl methyl sites for hydroxylation is 1. The number of hydrogen-bond acceptors (Lipinski definition) is 3. The normalized spacial score (nSPS) is 10.4. The van der Waals surface area contributed by atoms with Crippen LogP contribution in [0.15, 0.2) is 49.5 Å². The van der Waals surface area contributed by atoms with E-state index in [-0.39, 0.29) is 0 Å². The van der Waals surface area contributed by atoms with Gasteiger partial charge in [0.2, 0.25) is 0 Å². The molecule has 72 valence electrons. The lowest BCUT2D eigenvalue weighted by molar-refractivity contribution is 0.527. The average Bonchev–Trinajstić information content (AvgIpc) is 2.56. The molecule has 2 aromatic rings. The zero-order chi connectivity index (χ0) is 9.97. The molecule has 0 spiro atoms. The van der Waals surface area contributed by atoms with Crippen LogP contribution in [0.1, 0.15) is 5.76 Å². The van der Waals surface area contributed by atoms with Gasteiger partial charge in [-0.3, -0.25) is 0 Å². The summed E-state index contributed by atoms with van der Waals surface area (Å²) in [5, 5.41) is 0.970. The molecule has 0 aromatic carbocycles. The second kappa shape index (κ2) is 4.19. The zero-order valence-corrected chi connectivity index (χ0v) is 9.93.